The molecule has 0 aliphatic heterocycles. The summed E-state index contributed by atoms with van der Waals surface area (Å²) >= 11 is 0. The Kier molecular flexibility index (Phi) is 7.75. The van der Waals surface area contributed by atoms with Gasteiger partial charge in [0.05, 0.1) is 0 Å². The van der Waals surface area contributed by atoms with E-state index in [0.29, 0.717) is 6.42 Å². The Morgan fingerprint density at radius 1 is 1.27 bits per heavy atom. The van der Waals surface area contributed by atoms with E-state index in [4.69, 9.17) is 6.48 Å². The average molecular weight is 157 g/mol. The fraction of sp³-hybridized carbons (Fsp3) is 0.800. The number of hydrogen-bond acceptors (Lipinski definition) is 1. The Balaban J connectivity index is 3.13. The van der Waals surface area contributed by atoms with E-state index in [-0.39, 0.29) is 13.0 Å². The first-order valence-electron chi connectivity index (χ1n) is 5.07. The van der Waals surface area contributed by atoms with Gasteiger partial charge in [0.15, 0.2) is 0 Å². The molecule has 0 aromatic rings. The standard InChI is InChI=1S/C10H20O/c1-2-3-4-5-6-7-8-9-10-11/h6-7,11H,2-5,8-10H2,1H3/b7-6-/i9D. The van der Waals surface area contributed by atoms with Crippen LogP contribution >= 0.6 is 0 Å². The Bertz CT molecular complexity index is 112. The van der Waals surface area contributed by atoms with Crippen molar-refractivity contribution in [2.24, 2.45) is 0 Å². The van der Waals surface area contributed by atoms with Crippen LogP contribution in [0.1, 0.15) is 46.8 Å². The van der Waals surface area contributed by atoms with Crippen LogP contribution in [0.3, 0.4) is 0 Å². The number of unbranched alkanes of at least 4 members (excludes halogenated alkanes) is 3. The lowest BCUT2D eigenvalue weighted by Gasteiger charge is -1.91. The summed E-state index contributed by atoms with van der Waals surface area (Å²) in [6.45, 7) is 2.16. The van der Waals surface area contributed by atoms with Crippen molar-refractivity contribution in [1.82, 2.24) is 0 Å². The molecule has 1 N–H and O–H groups in total. The highest BCUT2D eigenvalue weighted by atomic mass is 16.2. The summed E-state index contributed by atoms with van der Waals surface area (Å²) in [4.78, 5) is 0. The van der Waals surface area contributed by atoms with Gasteiger partial charge >= 0.3 is 0 Å². The lowest BCUT2D eigenvalue weighted by Crippen LogP contribution is -1.78. The van der Waals surface area contributed by atoms with Gasteiger partial charge in [-0.2, -0.15) is 0 Å². The summed E-state index contributed by atoms with van der Waals surface area (Å²) in [6.07, 6.45) is 9.38. The molecule has 0 heterocycles. The molecule has 0 saturated heterocycles. The molecule has 1 heteroatoms. The van der Waals surface area contributed by atoms with Crippen LogP contribution in [0.25, 0.3) is 0 Å². The van der Waals surface area contributed by atoms with Crippen molar-refractivity contribution >= 4 is 0 Å². The van der Waals surface area contributed by atoms with Gasteiger partial charge in [-0.15, -0.1) is 0 Å². The Labute approximate surface area is 71.5 Å². The zero-order valence-electron chi connectivity index (χ0n) is 8.42. The van der Waals surface area contributed by atoms with Crippen LogP contribution in [0, 0.1) is 0 Å². The maximum Gasteiger partial charge on any atom is 0.0433 e. The van der Waals surface area contributed by atoms with E-state index in [0.717, 1.165) is 6.42 Å². The zero-order valence-corrected chi connectivity index (χ0v) is 7.42. The highest BCUT2D eigenvalue weighted by molar-refractivity contribution is 4.80. The highest BCUT2D eigenvalue weighted by Gasteiger charge is 1.81. The van der Waals surface area contributed by atoms with E-state index >= 15 is 0 Å². The van der Waals surface area contributed by atoms with Gasteiger partial charge in [-0.05, 0) is 25.7 Å². The molecule has 0 aromatic carbocycles. The monoisotopic (exact) mass is 157 g/mol. The molecule has 0 fully saturated rings. The van der Waals surface area contributed by atoms with E-state index in [2.05, 4.69) is 13.0 Å². The minimum absolute atomic E-state index is 0.0285. The molecule has 66 valence electrons. The molecule has 0 aliphatic rings. The van der Waals surface area contributed by atoms with Crippen LogP contribution in [0.4, 0.5) is 0 Å². The lowest BCUT2D eigenvalue weighted by molar-refractivity contribution is 0.289. The first-order chi connectivity index (χ1) is 5.81. The van der Waals surface area contributed by atoms with Crippen LogP contribution in [0.15, 0.2) is 12.2 Å². The van der Waals surface area contributed by atoms with Crippen LogP contribution < -0.4 is 0 Å². The quantitative estimate of drug-likeness (QED) is 0.445. The van der Waals surface area contributed by atoms with Crippen LogP contribution in [-0.4, -0.2) is 11.7 Å². The molecular weight excluding hydrogens is 136 g/mol. The van der Waals surface area contributed by atoms with E-state index in [9.17, 15) is 0 Å². The molecule has 0 aromatic heterocycles. The van der Waals surface area contributed by atoms with Crippen LogP contribution in [-0.2, 0) is 0 Å². The molecule has 0 rings (SSSR count). The third-order valence-electron chi connectivity index (χ3n) is 1.57. The molecule has 0 saturated carbocycles. The van der Waals surface area contributed by atoms with Crippen molar-refractivity contribution in [3.63, 3.8) is 0 Å². The number of hydrogen-bond donors (Lipinski definition) is 1. The predicted molar refractivity (Wildman–Crippen MR) is 49.6 cm³/mol. The van der Waals surface area contributed by atoms with Crippen molar-refractivity contribution < 1.29 is 6.48 Å². The molecule has 0 spiro atoms. The minimum atomic E-state index is -0.326. The summed E-state index contributed by atoms with van der Waals surface area (Å²) in [6, 6.07) is 0. The molecule has 0 bridgehead atoms. The Morgan fingerprint density at radius 2 is 2.00 bits per heavy atom. The molecule has 1 nitrogen and oxygen atoms in total. The summed E-state index contributed by atoms with van der Waals surface area (Å²) < 4.78 is 7.24. The first-order valence-corrected chi connectivity index (χ1v) is 4.49. The van der Waals surface area contributed by atoms with Gasteiger partial charge in [0.2, 0.25) is 0 Å². The maximum absolute atomic E-state index is 8.55. The molecular formula is C10H20O. The second-order valence-electron chi connectivity index (χ2n) is 2.67. The minimum Gasteiger partial charge on any atom is -0.396 e. The highest BCUT2D eigenvalue weighted by Crippen LogP contribution is 2.00. The summed E-state index contributed by atoms with van der Waals surface area (Å²) in [5.74, 6) is 0. The third-order valence-corrected chi connectivity index (χ3v) is 1.57. The van der Waals surface area contributed by atoms with Crippen molar-refractivity contribution in [1.29, 1.82) is 0 Å². The SMILES string of the molecule is [2H]C(CO)C/C=C\CCCCC. The smallest absolute Gasteiger partial charge is 0.0433 e. The van der Waals surface area contributed by atoms with Crippen LogP contribution in [0.5, 0.6) is 0 Å². The molecule has 1 atom stereocenters. The predicted octanol–water partition coefficient (Wildman–Crippen LogP) is 2.90. The van der Waals surface area contributed by atoms with E-state index < -0.39 is 0 Å². The normalized spacial score (nSPS) is 15.3. The molecule has 1 unspecified atom stereocenters. The second-order valence-corrected chi connectivity index (χ2v) is 2.67. The maximum atomic E-state index is 8.55. The largest absolute Gasteiger partial charge is 0.396 e. The topological polar surface area (TPSA) is 20.2 Å². The van der Waals surface area contributed by atoms with E-state index in [1.165, 1.54) is 19.3 Å². The Hall–Kier alpha value is -0.300. The number of rotatable bonds is 7. The second kappa shape index (κ2) is 9.70. The van der Waals surface area contributed by atoms with Gasteiger partial charge in [0.1, 0.15) is 0 Å². The van der Waals surface area contributed by atoms with Gasteiger partial charge < -0.3 is 5.11 Å². The van der Waals surface area contributed by atoms with Crippen LogP contribution in [0.2, 0.25) is 0 Å². The Morgan fingerprint density at radius 3 is 2.64 bits per heavy atom. The van der Waals surface area contributed by atoms with Crippen molar-refractivity contribution in [3.05, 3.63) is 12.2 Å². The first kappa shape index (κ1) is 8.79. The summed E-state index contributed by atoms with van der Waals surface area (Å²) in [5.41, 5.74) is 0. The van der Waals surface area contributed by atoms with Gasteiger partial charge in [-0.1, -0.05) is 31.9 Å². The summed E-state index contributed by atoms with van der Waals surface area (Å²) in [5, 5.41) is 8.55. The van der Waals surface area contributed by atoms with Crippen molar-refractivity contribution in [3.8, 4) is 0 Å². The molecule has 11 heavy (non-hydrogen) atoms. The van der Waals surface area contributed by atoms with Crippen molar-refractivity contribution in [2.45, 2.75) is 45.4 Å². The van der Waals surface area contributed by atoms with Gasteiger partial charge in [-0.3, -0.25) is 0 Å². The molecule has 0 radical (unpaired) electrons. The number of aliphatic hydroxyl groups is 1. The number of allylic oxidation sites excluding steroid dienone is 2. The van der Waals surface area contributed by atoms with E-state index in [1.54, 1.807) is 0 Å². The average Bonchev–Trinajstić information content (AvgIpc) is 2.10. The third kappa shape index (κ3) is 9.70. The van der Waals surface area contributed by atoms with Gasteiger partial charge in [-0.25, -0.2) is 0 Å². The molecule has 0 amide bonds. The van der Waals surface area contributed by atoms with E-state index in [1.807, 2.05) is 6.08 Å². The number of aliphatic hydroxyl groups excluding tert-OH is 1. The summed E-state index contributed by atoms with van der Waals surface area (Å²) in [7, 11) is 0. The fourth-order valence-electron chi connectivity index (χ4n) is 0.897. The van der Waals surface area contributed by atoms with Gasteiger partial charge in [0, 0.05) is 7.98 Å². The van der Waals surface area contributed by atoms with Gasteiger partial charge in [0.25, 0.3) is 0 Å². The fourth-order valence-corrected chi connectivity index (χ4v) is 0.897. The molecule has 0 aliphatic carbocycles. The lowest BCUT2D eigenvalue weighted by atomic mass is 10.2. The zero-order chi connectivity index (χ0) is 9.23. The van der Waals surface area contributed by atoms with Crippen molar-refractivity contribution in [2.75, 3.05) is 6.61 Å².